The molecule has 0 unspecified atom stereocenters. The summed E-state index contributed by atoms with van der Waals surface area (Å²) in [5.74, 6) is 0.904. The molecule has 0 bridgehead atoms. The number of hydrogen-bond donors (Lipinski definition) is 0. The van der Waals surface area contributed by atoms with Gasteiger partial charge >= 0.3 is 0 Å². The van der Waals surface area contributed by atoms with E-state index in [9.17, 15) is 0 Å². The lowest BCUT2D eigenvalue weighted by Crippen LogP contribution is -1.93. The lowest BCUT2D eigenvalue weighted by atomic mass is 10.1. The Morgan fingerprint density at radius 1 is 1.25 bits per heavy atom. The van der Waals surface area contributed by atoms with Crippen LogP contribution in [-0.2, 0) is 6.42 Å². The summed E-state index contributed by atoms with van der Waals surface area (Å²) in [6.45, 7) is 4.80. The maximum atomic E-state index is 5.48. The van der Waals surface area contributed by atoms with E-state index in [-0.39, 0.29) is 0 Å². The summed E-state index contributed by atoms with van der Waals surface area (Å²) in [5, 5.41) is 1.13. The average molecular weight is 280 g/mol. The standard InChI is InChI=1S/C13H14BrNO/c1-3-9-7-10-8-11(16-4-2)5-6-12(10)15-13(9)14/h5-8H,3-4H2,1-2H3. The number of hydrogen-bond acceptors (Lipinski definition) is 2. The number of fused-ring (bicyclic) bond motifs is 1. The first-order chi connectivity index (χ1) is 7.74. The Morgan fingerprint density at radius 3 is 2.75 bits per heavy atom. The highest BCUT2D eigenvalue weighted by molar-refractivity contribution is 9.10. The molecule has 0 spiro atoms. The van der Waals surface area contributed by atoms with Crippen LogP contribution in [0.1, 0.15) is 19.4 Å². The molecule has 0 aliphatic heterocycles. The van der Waals surface area contributed by atoms with E-state index < -0.39 is 0 Å². The van der Waals surface area contributed by atoms with E-state index in [4.69, 9.17) is 4.74 Å². The quantitative estimate of drug-likeness (QED) is 0.794. The third kappa shape index (κ3) is 2.19. The number of nitrogens with zero attached hydrogens (tertiary/aromatic N) is 1. The van der Waals surface area contributed by atoms with Crippen molar-refractivity contribution in [2.45, 2.75) is 20.3 Å². The van der Waals surface area contributed by atoms with Crippen LogP contribution in [-0.4, -0.2) is 11.6 Å². The van der Waals surface area contributed by atoms with E-state index in [0.29, 0.717) is 6.61 Å². The number of rotatable bonds is 3. The maximum absolute atomic E-state index is 5.48. The van der Waals surface area contributed by atoms with Gasteiger partial charge in [-0.15, -0.1) is 0 Å². The smallest absolute Gasteiger partial charge is 0.120 e. The van der Waals surface area contributed by atoms with Gasteiger partial charge in [0.1, 0.15) is 10.4 Å². The van der Waals surface area contributed by atoms with Crippen molar-refractivity contribution in [1.82, 2.24) is 4.98 Å². The fourth-order valence-electron chi connectivity index (χ4n) is 1.68. The van der Waals surface area contributed by atoms with Crippen LogP contribution in [0.5, 0.6) is 5.75 Å². The van der Waals surface area contributed by atoms with Crippen molar-refractivity contribution in [1.29, 1.82) is 0 Å². The van der Waals surface area contributed by atoms with E-state index in [2.05, 4.69) is 33.9 Å². The molecule has 0 saturated carbocycles. The molecular formula is C13H14BrNO. The normalized spacial score (nSPS) is 10.7. The number of benzene rings is 1. The van der Waals surface area contributed by atoms with Crippen LogP contribution in [0.2, 0.25) is 0 Å². The summed E-state index contributed by atoms with van der Waals surface area (Å²) >= 11 is 3.48. The van der Waals surface area contributed by atoms with E-state index in [1.165, 1.54) is 5.56 Å². The molecule has 0 saturated heterocycles. The number of aryl methyl sites for hydroxylation is 1. The van der Waals surface area contributed by atoms with Crippen LogP contribution in [0, 0.1) is 0 Å². The highest BCUT2D eigenvalue weighted by atomic mass is 79.9. The Kier molecular flexibility index (Phi) is 3.44. The van der Waals surface area contributed by atoms with Gasteiger partial charge in [0, 0.05) is 5.39 Å². The number of aromatic nitrogens is 1. The first-order valence-electron chi connectivity index (χ1n) is 5.46. The van der Waals surface area contributed by atoms with E-state index in [1.54, 1.807) is 0 Å². The van der Waals surface area contributed by atoms with Crippen LogP contribution in [0.4, 0.5) is 0 Å². The summed E-state index contributed by atoms with van der Waals surface area (Å²) in [4.78, 5) is 4.51. The van der Waals surface area contributed by atoms with Crippen LogP contribution in [0.3, 0.4) is 0 Å². The lowest BCUT2D eigenvalue weighted by Gasteiger charge is -2.07. The van der Waals surface area contributed by atoms with Gasteiger partial charge in [-0.2, -0.15) is 0 Å². The van der Waals surface area contributed by atoms with E-state index in [0.717, 1.165) is 27.7 Å². The van der Waals surface area contributed by atoms with E-state index >= 15 is 0 Å². The molecule has 3 heteroatoms. The maximum Gasteiger partial charge on any atom is 0.120 e. The topological polar surface area (TPSA) is 22.1 Å². The zero-order chi connectivity index (χ0) is 11.5. The van der Waals surface area contributed by atoms with Crippen LogP contribution in [0.15, 0.2) is 28.9 Å². The zero-order valence-corrected chi connectivity index (χ0v) is 11.0. The van der Waals surface area contributed by atoms with Crippen molar-refractivity contribution in [3.8, 4) is 5.75 Å². The predicted octanol–water partition coefficient (Wildman–Crippen LogP) is 3.96. The molecule has 2 rings (SSSR count). The molecule has 0 aliphatic rings. The van der Waals surface area contributed by atoms with Gasteiger partial charge in [0.25, 0.3) is 0 Å². The van der Waals surface area contributed by atoms with Crippen molar-refractivity contribution in [3.63, 3.8) is 0 Å². The van der Waals surface area contributed by atoms with Crippen molar-refractivity contribution >= 4 is 26.8 Å². The second-order valence-corrected chi connectivity index (χ2v) is 4.33. The molecular weight excluding hydrogens is 266 g/mol. The summed E-state index contributed by atoms with van der Waals surface area (Å²) in [6.07, 6.45) is 0.975. The highest BCUT2D eigenvalue weighted by Crippen LogP contribution is 2.24. The molecule has 0 N–H and O–H groups in total. The minimum absolute atomic E-state index is 0.691. The Labute approximate surface area is 104 Å². The molecule has 2 aromatic rings. The third-order valence-electron chi connectivity index (χ3n) is 2.50. The second kappa shape index (κ2) is 4.83. The Bertz CT molecular complexity index is 511. The predicted molar refractivity (Wildman–Crippen MR) is 70.0 cm³/mol. The summed E-state index contributed by atoms with van der Waals surface area (Å²) in [5.41, 5.74) is 2.22. The lowest BCUT2D eigenvalue weighted by molar-refractivity contribution is 0.340. The van der Waals surface area contributed by atoms with Gasteiger partial charge in [0.2, 0.25) is 0 Å². The van der Waals surface area contributed by atoms with Gasteiger partial charge < -0.3 is 4.74 Å². The highest BCUT2D eigenvalue weighted by Gasteiger charge is 2.04. The number of halogens is 1. The average Bonchev–Trinajstić information content (AvgIpc) is 2.29. The molecule has 1 aromatic heterocycles. The van der Waals surface area contributed by atoms with Crippen molar-refractivity contribution in [2.24, 2.45) is 0 Å². The fourth-order valence-corrected chi connectivity index (χ4v) is 2.27. The number of pyridine rings is 1. The van der Waals surface area contributed by atoms with Crippen LogP contribution < -0.4 is 4.74 Å². The zero-order valence-electron chi connectivity index (χ0n) is 9.46. The first kappa shape index (κ1) is 11.4. The Morgan fingerprint density at radius 2 is 2.06 bits per heavy atom. The van der Waals surface area contributed by atoms with Gasteiger partial charge in [-0.3, -0.25) is 0 Å². The fraction of sp³-hybridized carbons (Fsp3) is 0.308. The van der Waals surface area contributed by atoms with Gasteiger partial charge in [-0.25, -0.2) is 4.98 Å². The third-order valence-corrected chi connectivity index (χ3v) is 3.19. The van der Waals surface area contributed by atoms with Gasteiger partial charge in [0.05, 0.1) is 12.1 Å². The van der Waals surface area contributed by atoms with Crippen molar-refractivity contribution < 1.29 is 4.74 Å². The van der Waals surface area contributed by atoms with Crippen LogP contribution >= 0.6 is 15.9 Å². The van der Waals surface area contributed by atoms with Crippen molar-refractivity contribution in [3.05, 3.63) is 34.4 Å². The monoisotopic (exact) mass is 279 g/mol. The summed E-state index contributed by atoms with van der Waals surface area (Å²) in [7, 11) is 0. The molecule has 0 atom stereocenters. The molecule has 16 heavy (non-hydrogen) atoms. The molecule has 0 radical (unpaired) electrons. The second-order valence-electron chi connectivity index (χ2n) is 3.58. The SMILES string of the molecule is CCOc1ccc2nc(Br)c(CC)cc2c1. The largest absolute Gasteiger partial charge is 0.494 e. The molecule has 1 heterocycles. The molecule has 0 aliphatic carbocycles. The molecule has 1 aromatic carbocycles. The molecule has 0 amide bonds. The molecule has 84 valence electrons. The number of ether oxygens (including phenoxy) is 1. The molecule has 2 nitrogen and oxygen atoms in total. The van der Waals surface area contributed by atoms with Gasteiger partial charge in [-0.1, -0.05) is 6.92 Å². The summed E-state index contributed by atoms with van der Waals surface area (Å²) < 4.78 is 6.41. The minimum Gasteiger partial charge on any atom is -0.494 e. The van der Waals surface area contributed by atoms with Crippen molar-refractivity contribution in [2.75, 3.05) is 6.61 Å². The van der Waals surface area contributed by atoms with Gasteiger partial charge in [-0.05, 0) is 59.1 Å². The first-order valence-corrected chi connectivity index (χ1v) is 6.26. The summed E-state index contributed by atoms with van der Waals surface area (Å²) in [6, 6.07) is 8.15. The van der Waals surface area contributed by atoms with E-state index in [1.807, 2.05) is 25.1 Å². The van der Waals surface area contributed by atoms with Crippen LogP contribution in [0.25, 0.3) is 10.9 Å². The Hall–Kier alpha value is -1.09. The minimum atomic E-state index is 0.691. The van der Waals surface area contributed by atoms with Gasteiger partial charge in [0.15, 0.2) is 0 Å². The Balaban J connectivity index is 2.54. The molecule has 0 fully saturated rings.